The van der Waals surface area contributed by atoms with Crippen molar-refractivity contribution >= 4 is 23.9 Å². The molecule has 2 saturated heterocycles. The van der Waals surface area contributed by atoms with Gasteiger partial charge >= 0.3 is 23.9 Å². The van der Waals surface area contributed by atoms with Gasteiger partial charge in [0.2, 0.25) is 0 Å². The summed E-state index contributed by atoms with van der Waals surface area (Å²) in [5.41, 5.74) is 0.684. The summed E-state index contributed by atoms with van der Waals surface area (Å²) in [4.78, 5) is 44.6. The van der Waals surface area contributed by atoms with E-state index in [2.05, 4.69) is 13.2 Å². The summed E-state index contributed by atoms with van der Waals surface area (Å²) in [6, 6.07) is 13.0. The first-order chi connectivity index (χ1) is 22.3. The molecule has 248 valence electrons. The number of esters is 3. The molecule has 3 unspecified atom stereocenters. The lowest BCUT2D eigenvalue weighted by atomic mass is 10.1. The minimum Gasteiger partial charge on any atom is -0.494 e. The van der Waals surface area contributed by atoms with E-state index < -0.39 is 23.9 Å². The molecule has 2 heterocycles. The van der Waals surface area contributed by atoms with E-state index in [1.807, 2.05) is 0 Å². The highest BCUT2D eigenvalue weighted by molar-refractivity contribution is 5.89. The molecule has 46 heavy (non-hydrogen) atoms. The maximum atomic E-state index is 12.3. The molecular formula is C34H40O12. The lowest BCUT2D eigenvalue weighted by Gasteiger charge is -2.16. The monoisotopic (exact) mass is 640 g/mol. The number of carbonyl (C=O) groups is 4. The Labute approximate surface area is 267 Å². The largest absolute Gasteiger partial charge is 0.494 e. The molecule has 0 spiro atoms. The van der Waals surface area contributed by atoms with Gasteiger partial charge in [0.1, 0.15) is 17.6 Å². The van der Waals surface area contributed by atoms with E-state index in [1.165, 1.54) is 12.1 Å². The van der Waals surface area contributed by atoms with Crippen molar-refractivity contribution in [3.63, 3.8) is 0 Å². The Hall–Kier alpha value is -4.68. The number of rotatable bonds is 17. The number of aromatic carboxylic acids is 1. The fourth-order valence-electron chi connectivity index (χ4n) is 4.37. The number of hydrogen-bond donors (Lipinski definition) is 1. The van der Waals surface area contributed by atoms with Crippen molar-refractivity contribution in [3.05, 3.63) is 85.0 Å². The van der Waals surface area contributed by atoms with E-state index in [0.29, 0.717) is 69.5 Å². The van der Waals surface area contributed by atoms with E-state index in [1.54, 1.807) is 36.4 Å². The molecule has 0 radical (unpaired) electrons. The molecule has 3 atom stereocenters. The standard InChI is InChI=1S/C20H24O7.C14H16O5/c1-2-18(21)24-11-4-3-10-23-15-7-5-14(6-8-15)20(22)27-17-13-26-16-9-12-25-19(16)17;1-2-13(15)19-10-4-3-9-18-12-7-5-11(6-8-12)14(16)17/h2,5-8,16-17,19H,1,3-4,9-13H2;2,5-8H,1,3-4,9-10H2,(H,16,17). The number of hydrogen-bond acceptors (Lipinski definition) is 11. The average molecular weight is 641 g/mol. The first-order valence-electron chi connectivity index (χ1n) is 15.0. The van der Waals surface area contributed by atoms with Crippen LogP contribution in [0.25, 0.3) is 0 Å². The zero-order valence-electron chi connectivity index (χ0n) is 25.6. The van der Waals surface area contributed by atoms with Crippen LogP contribution in [0.4, 0.5) is 0 Å². The summed E-state index contributed by atoms with van der Waals surface area (Å²) >= 11 is 0. The first kappa shape index (κ1) is 35.8. The van der Waals surface area contributed by atoms with E-state index in [4.69, 9.17) is 38.3 Å². The summed E-state index contributed by atoms with van der Waals surface area (Å²) in [6.07, 6.45) is 5.55. The van der Waals surface area contributed by atoms with Crippen molar-refractivity contribution in [2.75, 3.05) is 39.6 Å². The second-order valence-corrected chi connectivity index (χ2v) is 10.1. The molecule has 1 N–H and O–H groups in total. The first-order valence-corrected chi connectivity index (χ1v) is 15.0. The van der Waals surface area contributed by atoms with Crippen molar-refractivity contribution < 1.29 is 57.4 Å². The maximum Gasteiger partial charge on any atom is 0.338 e. The number of carboxylic acid groups (broad SMARTS) is 1. The number of unbranched alkanes of at least 4 members (excludes halogenated alkanes) is 2. The number of benzene rings is 2. The highest BCUT2D eigenvalue weighted by Crippen LogP contribution is 2.29. The molecule has 0 saturated carbocycles. The minimum atomic E-state index is -0.962. The van der Waals surface area contributed by atoms with Crippen LogP contribution < -0.4 is 9.47 Å². The van der Waals surface area contributed by atoms with Gasteiger partial charge in [-0.2, -0.15) is 0 Å². The molecule has 12 nitrogen and oxygen atoms in total. The smallest absolute Gasteiger partial charge is 0.338 e. The maximum absolute atomic E-state index is 12.3. The SMILES string of the molecule is C=CC(=O)OCCCCOc1ccc(C(=O)O)cc1.C=CC(=O)OCCCCOc1ccc(C(=O)OC2COC3CCOC32)cc1. The van der Waals surface area contributed by atoms with Gasteiger partial charge in [0, 0.05) is 18.8 Å². The third-order valence-electron chi connectivity index (χ3n) is 6.81. The topological polar surface area (TPSA) is 153 Å². The molecule has 2 aliphatic rings. The Kier molecular flexibility index (Phi) is 15.3. The Morgan fingerprint density at radius 1 is 0.739 bits per heavy atom. The lowest BCUT2D eigenvalue weighted by molar-refractivity contribution is -0.138. The van der Waals surface area contributed by atoms with Crippen molar-refractivity contribution in [2.45, 2.75) is 50.4 Å². The molecule has 2 fully saturated rings. The van der Waals surface area contributed by atoms with Gasteiger partial charge in [-0.25, -0.2) is 19.2 Å². The van der Waals surface area contributed by atoms with Crippen LogP contribution in [0.2, 0.25) is 0 Å². The van der Waals surface area contributed by atoms with Crippen LogP contribution in [0, 0.1) is 0 Å². The molecule has 0 amide bonds. The Balaban J connectivity index is 0.000000268. The Morgan fingerprint density at radius 2 is 1.24 bits per heavy atom. The highest BCUT2D eigenvalue weighted by atomic mass is 16.6. The fourth-order valence-corrected chi connectivity index (χ4v) is 4.37. The van der Waals surface area contributed by atoms with Gasteiger partial charge in [-0.3, -0.25) is 0 Å². The van der Waals surface area contributed by atoms with Gasteiger partial charge in [-0.1, -0.05) is 13.2 Å². The zero-order chi connectivity index (χ0) is 33.1. The van der Waals surface area contributed by atoms with E-state index in [9.17, 15) is 19.2 Å². The van der Waals surface area contributed by atoms with Crippen LogP contribution in [0.3, 0.4) is 0 Å². The van der Waals surface area contributed by atoms with Crippen LogP contribution in [-0.2, 0) is 33.3 Å². The highest BCUT2D eigenvalue weighted by Gasteiger charge is 2.44. The molecule has 0 bridgehead atoms. The van der Waals surface area contributed by atoms with Gasteiger partial charge in [0.25, 0.3) is 0 Å². The molecule has 2 aromatic rings. The summed E-state index contributed by atoms with van der Waals surface area (Å²) in [5.74, 6) is -0.917. The number of carboxylic acids is 1. The summed E-state index contributed by atoms with van der Waals surface area (Å²) in [7, 11) is 0. The van der Waals surface area contributed by atoms with Gasteiger partial charge in [0.15, 0.2) is 6.10 Å². The van der Waals surface area contributed by atoms with Crippen LogP contribution >= 0.6 is 0 Å². The second-order valence-electron chi connectivity index (χ2n) is 10.1. The van der Waals surface area contributed by atoms with E-state index in [-0.39, 0.29) is 23.9 Å². The number of ether oxygens (including phenoxy) is 7. The van der Waals surface area contributed by atoms with Crippen LogP contribution in [0.5, 0.6) is 11.5 Å². The summed E-state index contributed by atoms with van der Waals surface area (Å²) < 4.78 is 37.4. The van der Waals surface area contributed by atoms with Crippen LogP contribution in [0.1, 0.15) is 52.8 Å². The predicted octanol–water partition coefficient (Wildman–Crippen LogP) is 4.56. The molecule has 0 aromatic heterocycles. The van der Waals surface area contributed by atoms with Gasteiger partial charge in [0.05, 0.1) is 50.3 Å². The molecule has 2 aromatic carbocycles. The van der Waals surface area contributed by atoms with Gasteiger partial charge in [-0.15, -0.1) is 0 Å². The third kappa shape index (κ3) is 12.4. The van der Waals surface area contributed by atoms with Gasteiger partial charge < -0.3 is 38.3 Å². The second kappa shape index (κ2) is 19.7. The van der Waals surface area contributed by atoms with Crippen molar-refractivity contribution in [3.8, 4) is 11.5 Å². The Morgan fingerprint density at radius 3 is 1.74 bits per heavy atom. The van der Waals surface area contributed by atoms with Crippen LogP contribution in [0.15, 0.2) is 73.8 Å². The zero-order valence-corrected chi connectivity index (χ0v) is 25.6. The lowest BCUT2D eigenvalue weighted by Crippen LogP contribution is -2.32. The normalized spacial score (nSPS) is 17.8. The molecule has 4 rings (SSSR count). The summed E-state index contributed by atoms with van der Waals surface area (Å²) in [5, 5.41) is 8.72. The van der Waals surface area contributed by atoms with E-state index >= 15 is 0 Å². The average Bonchev–Trinajstić information content (AvgIpc) is 3.70. The minimum absolute atomic E-state index is 0.0406. The molecule has 12 heteroatoms. The predicted molar refractivity (Wildman–Crippen MR) is 165 cm³/mol. The molecule has 0 aliphatic carbocycles. The third-order valence-corrected chi connectivity index (χ3v) is 6.81. The van der Waals surface area contributed by atoms with E-state index in [0.717, 1.165) is 31.4 Å². The van der Waals surface area contributed by atoms with Crippen molar-refractivity contribution in [1.82, 2.24) is 0 Å². The van der Waals surface area contributed by atoms with Crippen LogP contribution in [-0.4, -0.2) is 86.9 Å². The molecular weight excluding hydrogens is 600 g/mol. The van der Waals surface area contributed by atoms with Gasteiger partial charge in [-0.05, 0) is 80.6 Å². The van der Waals surface area contributed by atoms with Crippen molar-refractivity contribution in [1.29, 1.82) is 0 Å². The summed E-state index contributed by atoms with van der Waals surface area (Å²) in [6.45, 7) is 9.31. The Bertz CT molecular complexity index is 1290. The quantitative estimate of drug-likeness (QED) is 0.112. The number of fused-ring (bicyclic) bond motifs is 1. The molecule has 2 aliphatic heterocycles. The fraction of sp³-hybridized carbons (Fsp3) is 0.412. The number of carbonyl (C=O) groups excluding carboxylic acids is 3. The van der Waals surface area contributed by atoms with Crippen molar-refractivity contribution in [2.24, 2.45) is 0 Å².